The molecule has 4 rings (SSSR count). The van der Waals surface area contributed by atoms with E-state index in [-0.39, 0.29) is 11.8 Å². The lowest BCUT2D eigenvalue weighted by molar-refractivity contribution is -0.133. The predicted octanol–water partition coefficient (Wildman–Crippen LogP) is 3.67. The summed E-state index contributed by atoms with van der Waals surface area (Å²) in [6, 6.07) is 8.64. The van der Waals surface area contributed by atoms with Gasteiger partial charge in [-0.2, -0.15) is 0 Å². The number of carbonyl (C=O) groups is 2. The van der Waals surface area contributed by atoms with Crippen molar-refractivity contribution < 1.29 is 9.59 Å². The van der Waals surface area contributed by atoms with E-state index in [1.807, 2.05) is 35.2 Å². The van der Waals surface area contributed by atoms with Crippen molar-refractivity contribution in [2.24, 2.45) is 5.92 Å². The van der Waals surface area contributed by atoms with Gasteiger partial charge in [-0.25, -0.2) is 0 Å². The summed E-state index contributed by atoms with van der Waals surface area (Å²) >= 11 is 0. The summed E-state index contributed by atoms with van der Waals surface area (Å²) in [6.07, 6.45) is 9.15. The summed E-state index contributed by atoms with van der Waals surface area (Å²) < 4.78 is 0. The molecule has 2 aromatic rings. The SMILES string of the molecule is CN1CCC(N(C)C(=O)CCC2CCCN(C(=O)CCc3c[nH]c4ccccc34)C2)CC1. The van der Waals surface area contributed by atoms with Crippen molar-refractivity contribution in [3.8, 4) is 0 Å². The highest BCUT2D eigenvalue weighted by Gasteiger charge is 2.27. The van der Waals surface area contributed by atoms with Crippen LogP contribution in [0.1, 0.15) is 50.5 Å². The van der Waals surface area contributed by atoms with E-state index in [9.17, 15) is 9.59 Å². The zero-order valence-electron chi connectivity index (χ0n) is 19.7. The van der Waals surface area contributed by atoms with Crippen LogP contribution in [0.2, 0.25) is 0 Å². The molecule has 1 aromatic carbocycles. The molecule has 3 heterocycles. The van der Waals surface area contributed by atoms with Gasteiger partial charge in [-0.15, -0.1) is 0 Å². The molecule has 2 aliphatic heterocycles. The number of piperidine rings is 2. The Bertz CT molecular complexity index is 915. The summed E-state index contributed by atoms with van der Waals surface area (Å²) in [5.74, 6) is 0.952. The fourth-order valence-electron chi connectivity index (χ4n) is 5.36. The molecule has 0 radical (unpaired) electrons. The molecular formula is C26H38N4O2. The molecule has 0 saturated carbocycles. The average molecular weight is 439 g/mol. The summed E-state index contributed by atoms with van der Waals surface area (Å²) in [6.45, 7) is 3.80. The third kappa shape index (κ3) is 5.52. The Labute approximate surface area is 191 Å². The van der Waals surface area contributed by atoms with Crippen LogP contribution < -0.4 is 0 Å². The minimum atomic E-state index is 0.245. The fourth-order valence-corrected chi connectivity index (χ4v) is 5.36. The van der Waals surface area contributed by atoms with E-state index in [1.54, 1.807) is 0 Å². The third-order valence-corrected chi connectivity index (χ3v) is 7.55. The summed E-state index contributed by atoms with van der Waals surface area (Å²) in [5, 5.41) is 1.21. The maximum Gasteiger partial charge on any atom is 0.222 e. The smallest absolute Gasteiger partial charge is 0.222 e. The van der Waals surface area contributed by atoms with Crippen molar-refractivity contribution in [3.63, 3.8) is 0 Å². The number of nitrogens with zero attached hydrogens (tertiary/aromatic N) is 3. The van der Waals surface area contributed by atoms with Gasteiger partial charge in [0, 0.05) is 56.1 Å². The first-order chi connectivity index (χ1) is 15.5. The van der Waals surface area contributed by atoms with Crippen molar-refractivity contribution >= 4 is 22.7 Å². The average Bonchev–Trinajstić information content (AvgIpc) is 3.24. The van der Waals surface area contributed by atoms with Gasteiger partial charge in [-0.1, -0.05) is 18.2 Å². The zero-order valence-corrected chi connectivity index (χ0v) is 19.7. The Morgan fingerprint density at radius 1 is 1.09 bits per heavy atom. The second-order valence-electron chi connectivity index (χ2n) is 9.79. The van der Waals surface area contributed by atoms with E-state index < -0.39 is 0 Å². The van der Waals surface area contributed by atoms with E-state index in [0.717, 1.165) is 70.2 Å². The number of rotatable bonds is 7. The van der Waals surface area contributed by atoms with E-state index in [4.69, 9.17) is 0 Å². The number of amides is 2. The molecule has 1 N–H and O–H groups in total. The van der Waals surface area contributed by atoms with E-state index in [0.29, 0.717) is 24.8 Å². The zero-order chi connectivity index (χ0) is 22.5. The van der Waals surface area contributed by atoms with Crippen molar-refractivity contribution in [3.05, 3.63) is 36.0 Å². The minimum absolute atomic E-state index is 0.245. The molecule has 1 unspecified atom stereocenters. The second kappa shape index (κ2) is 10.5. The first kappa shape index (κ1) is 22.8. The van der Waals surface area contributed by atoms with E-state index in [2.05, 4.69) is 29.1 Å². The highest BCUT2D eigenvalue weighted by molar-refractivity contribution is 5.84. The van der Waals surface area contributed by atoms with Crippen LogP contribution in [-0.4, -0.2) is 77.8 Å². The molecule has 2 aliphatic rings. The largest absolute Gasteiger partial charge is 0.361 e. The van der Waals surface area contributed by atoms with Crippen molar-refractivity contribution in [2.75, 3.05) is 40.3 Å². The molecule has 32 heavy (non-hydrogen) atoms. The van der Waals surface area contributed by atoms with Gasteiger partial charge < -0.3 is 19.7 Å². The van der Waals surface area contributed by atoms with Gasteiger partial charge in [0.1, 0.15) is 0 Å². The number of hydrogen-bond acceptors (Lipinski definition) is 3. The van der Waals surface area contributed by atoms with Crippen LogP contribution >= 0.6 is 0 Å². The maximum atomic E-state index is 12.9. The number of hydrogen-bond donors (Lipinski definition) is 1. The van der Waals surface area contributed by atoms with Gasteiger partial charge >= 0.3 is 0 Å². The monoisotopic (exact) mass is 438 g/mol. The molecular weight excluding hydrogens is 400 g/mol. The van der Waals surface area contributed by atoms with Crippen LogP contribution in [0.4, 0.5) is 0 Å². The van der Waals surface area contributed by atoms with Crippen LogP contribution in [0, 0.1) is 5.92 Å². The van der Waals surface area contributed by atoms with Crippen molar-refractivity contribution in [1.29, 1.82) is 0 Å². The number of benzene rings is 1. The Morgan fingerprint density at radius 2 is 1.88 bits per heavy atom. The maximum absolute atomic E-state index is 12.9. The second-order valence-corrected chi connectivity index (χ2v) is 9.79. The van der Waals surface area contributed by atoms with Crippen LogP contribution in [0.15, 0.2) is 30.5 Å². The van der Waals surface area contributed by atoms with Gasteiger partial charge in [-0.05, 0) is 76.2 Å². The molecule has 2 fully saturated rings. The molecule has 2 saturated heterocycles. The first-order valence-electron chi connectivity index (χ1n) is 12.3. The van der Waals surface area contributed by atoms with Gasteiger partial charge in [0.15, 0.2) is 0 Å². The summed E-state index contributed by atoms with van der Waals surface area (Å²) in [7, 11) is 4.12. The van der Waals surface area contributed by atoms with E-state index >= 15 is 0 Å². The summed E-state index contributed by atoms with van der Waals surface area (Å²) in [5.41, 5.74) is 2.34. The van der Waals surface area contributed by atoms with Crippen molar-refractivity contribution in [2.45, 2.75) is 57.4 Å². The molecule has 0 spiro atoms. The van der Waals surface area contributed by atoms with Crippen LogP contribution in [0.25, 0.3) is 10.9 Å². The Hall–Kier alpha value is -2.34. The molecule has 6 heteroatoms. The molecule has 1 aromatic heterocycles. The van der Waals surface area contributed by atoms with Gasteiger partial charge in [0.05, 0.1) is 0 Å². The molecule has 6 nitrogen and oxygen atoms in total. The normalized spacial score (nSPS) is 20.6. The molecule has 174 valence electrons. The minimum Gasteiger partial charge on any atom is -0.361 e. The van der Waals surface area contributed by atoms with Crippen LogP contribution in [-0.2, 0) is 16.0 Å². The summed E-state index contributed by atoms with van der Waals surface area (Å²) in [4.78, 5) is 35.3. The molecule has 0 bridgehead atoms. The number of carbonyl (C=O) groups excluding carboxylic acids is 2. The number of aryl methyl sites for hydroxylation is 1. The van der Waals surface area contributed by atoms with Gasteiger partial charge in [-0.3, -0.25) is 9.59 Å². The van der Waals surface area contributed by atoms with Crippen LogP contribution in [0.5, 0.6) is 0 Å². The highest BCUT2D eigenvalue weighted by atomic mass is 16.2. The predicted molar refractivity (Wildman–Crippen MR) is 128 cm³/mol. The number of likely N-dealkylation sites (tertiary alicyclic amines) is 2. The lowest BCUT2D eigenvalue weighted by Crippen LogP contribution is -2.45. The van der Waals surface area contributed by atoms with Gasteiger partial charge in [0.2, 0.25) is 11.8 Å². The number of aromatic nitrogens is 1. The van der Waals surface area contributed by atoms with Gasteiger partial charge in [0.25, 0.3) is 0 Å². The molecule has 1 atom stereocenters. The quantitative estimate of drug-likeness (QED) is 0.718. The van der Waals surface area contributed by atoms with Crippen LogP contribution in [0.3, 0.4) is 0 Å². The molecule has 0 aliphatic carbocycles. The highest BCUT2D eigenvalue weighted by Crippen LogP contribution is 2.24. The Kier molecular flexibility index (Phi) is 7.51. The number of aromatic amines is 1. The lowest BCUT2D eigenvalue weighted by atomic mass is 9.92. The van der Waals surface area contributed by atoms with E-state index in [1.165, 1.54) is 10.9 Å². The third-order valence-electron chi connectivity index (χ3n) is 7.55. The Morgan fingerprint density at radius 3 is 2.69 bits per heavy atom. The van der Waals surface area contributed by atoms with Crippen molar-refractivity contribution in [1.82, 2.24) is 19.7 Å². The molecule has 2 amide bonds. The standard InChI is InChI=1S/C26H38N4O2/c1-28-16-13-22(14-17-28)29(2)25(31)11-9-20-6-5-15-30(19-20)26(32)12-10-21-18-27-24-8-4-3-7-23(21)24/h3-4,7-8,18,20,22,27H,5-6,9-17,19H2,1-2H3. The number of nitrogens with one attached hydrogen (secondary N) is 1. The lowest BCUT2D eigenvalue weighted by Gasteiger charge is -2.36. The number of para-hydroxylation sites is 1. The topological polar surface area (TPSA) is 59.6 Å². The Balaban J connectivity index is 1.22. The first-order valence-corrected chi connectivity index (χ1v) is 12.3. The number of H-pyrrole nitrogens is 1. The fraction of sp³-hybridized carbons (Fsp3) is 0.615. The number of fused-ring (bicyclic) bond motifs is 1.